The Balaban J connectivity index is 1.27. The summed E-state index contributed by atoms with van der Waals surface area (Å²) < 4.78 is 42.9. The predicted molar refractivity (Wildman–Crippen MR) is 155 cm³/mol. The van der Waals surface area contributed by atoms with Gasteiger partial charge in [0.1, 0.15) is 35.0 Å². The molecule has 4 heterocycles. The van der Waals surface area contributed by atoms with Crippen molar-refractivity contribution < 1.29 is 33.0 Å². The Morgan fingerprint density at radius 3 is 2.57 bits per heavy atom. The summed E-state index contributed by atoms with van der Waals surface area (Å²) in [4.78, 5) is 30.7. The molecule has 0 saturated heterocycles. The van der Waals surface area contributed by atoms with Crippen molar-refractivity contribution in [2.24, 2.45) is 5.73 Å². The Morgan fingerprint density at radius 2 is 1.93 bits per heavy atom. The molecule has 10 nitrogen and oxygen atoms in total. The Labute approximate surface area is 251 Å². The number of nitrogens with two attached hydrogens (primary N) is 1. The third-order valence-electron chi connectivity index (χ3n) is 9.11. The summed E-state index contributed by atoms with van der Waals surface area (Å²) in [5.74, 6) is -0.720. The predicted octanol–water partition coefficient (Wildman–Crippen LogP) is 3.68. The Kier molecular flexibility index (Phi) is 6.23. The molecule has 12 heteroatoms. The standard InChI is InChI=1S/C32H31F2N5O5/c1-30(29(35)41)16-44-27-22(30)14-24(37-26(27)18-5-7-20(33)8-6-18)32(42,31(34)9-10-31)15-36-28(40)19-11-21-13-23(17-3-4-17)38-39(21)25(12-19)43-2/h5-8,11-14,17,42H,3-4,9-10,15-16H2,1-2H3,(H2,35,41)(H,36,40)/t30-,32-/m0/s1. The van der Waals surface area contributed by atoms with E-state index in [2.05, 4.69) is 15.4 Å². The SMILES string of the molecule is COc1cc(C(=O)NC[C@](O)(c2cc3c(c(-c4ccc(F)cc4)n2)OC[C@]3(C)C(N)=O)C2(F)CC2)cc2cc(C3CC3)nn12. The lowest BCUT2D eigenvalue weighted by molar-refractivity contribution is -0.123. The van der Waals surface area contributed by atoms with Crippen molar-refractivity contribution in [2.45, 2.75) is 55.2 Å². The fourth-order valence-electron chi connectivity index (χ4n) is 5.86. The number of aliphatic hydroxyl groups is 1. The van der Waals surface area contributed by atoms with Crippen LogP contribution in [0.4, 0.5) is 8.78 Å². The Bertz CT molecular complexity index is 1840. The van der Waals surface area contributed by atoms with E-state index in [0.717, 1.165) is 18.5 Å². The van der Waals surface area contributed by atoms with E-state index in [1.165, 1.54) is 43.5 Å². The second-order valence-electron chi connectivity index (χ2n) is 12.2. The number of rotatable bonds is 9. The van der Waals surface area contributed by atoms with Crippen molar-refractivity contribution in [3.63, 3.8) is 0 Å². The van der Waals surface area contributed by atoms with Crippen LogP contribution in [0.25, 0.3) is 16.8 Å². The van der Waals surface area contributed by atoms with Gasteiger partial charge in [0, 0.05) is 28.7 Å². The summed E-state index contributed by atoms with van der Waals surface area (Å²) in [5.41, 5.74) is 2.77. The van der Waals surface area contributed by atoms with E-state index in [9.17, 15) is 19.1 Å². The first-order valence-electron chi connectivity index (χ1n) is 14.5. The first-order chi connectivity index (χ1) is 21.0. The molecule has 2 atom stereocenters. The van der Waals surface area contributed by atoms with E-state index < -0.39 is 40.9 Å². The number of nitrogens with zero attached hydrogens (tertiary/aromatic N) is 3. The van der Waals surface area contributed by atoms with Gasteiger partial charge in [0.15, 0.2) is 5.60 Å². The molecule has 2 amide bonds. The fraction of sp³-hybridized carbons (Fsp3) is 0.375. The number of amides is 2. The number of fused-ring (bicyclic) bond motifs is 2. The van der Waals surface area contributed by atoms with Crippen LogP contribution in [0.3, 0.4) is 0 Å². The molecule has 3 aliphatic rings. The van der Waals surface area contributed by atoms with Gasteiger partial charge in [-0.25, -0.2) is 18.3 Å². The molecular formula is C32H31F2N5O5. The third-order valence-corrected chi connectivity index (χ3v) is 9.11. The van der Waals surface area contributed by atoms with Crippen molar-refractivity contribution in [3.8, 4) is 22.9 Å². The number of aromatic nitrogens is 3. The highest BCUT2D eigenvalue weighted by Crippen LogP contribution is 2.55. The number of carbonyl (C=O) groups is 2. The molecule has 1 aliphatic heterocycles. The fourth-order valence-corrected chi connectivity index (χ4v) is 5.86. The maximum Gasteiger partial charge on any atom is 0.251 e. The van der Waals surface area contributed by atoms with Crippen LogP contribution in [0, 0.1) is 5.82 Å². The number of primary amides is 1. The van der Waals surface area contributed by atoms with Crippen LogP contribution in [0.5, 0.6) is 11.6 Å². The molecule has 228 valence electrons. The number of carbonyl (C=O) groups excluding carboxylic acids is 2. The Hall–Kier alpha value is -4.58. The number of ether oxygens (including phenoxy) is 2. The van der Waals surface area contributed by atoms with E-state index in [-0.39, 0.29) is 42.1 Å². The molecule has 3 aromatic heterocycles. The van der Waals surface area contributed by atoms with E-state index in [1.807, 2.05) is 6.07 Å². The first-order valence-corrected chi connectivity index (χ1v) is 14.5. The lowest BCUT2D eigenvalue weighted by Crippen LogP contribution is -2.49. The number of pyridine rings is 2. The first kappa shape index (κ1) is 28.2. The summed E-state index contributed by atoms with van der Waals surface area (Å²) >= 11 is 0. The number of alkyl halides is 1. The maximum absolute atomic E-state index is 16.1. The average molecular weight is 604 g/mol. The van der Waals surface area contributed by atoms with Crippen LogP contribution in [0.15, 0.2) is 48.5 Å². The second-order valence-corrected chi connectivity index (χ2v) is 12.2. The molecule has 2 fully saturated rings. The van der Waals surface area contributed by atoms with Crippen LogP contribution in [0.2, 0.25) is 0 Å². The number of methoxy groups -OCH3 is 1. The highest BCUT2D eigenvalue weighted by Gasteiger charge is 2.62. The van der Waals surface area contributed by atoms with Gasteiger partial charge >= 0.3 is 0 Å². The minimum Gasteiger partial charge on any atom is -0.489 e. The van der Waals surface area contributed by atoms with E-state index in [4.69, 9.17) is 15.2 Å². The largest absolute Gasteiger partial charge is 0.489 e. The van der Waals surface area contributed by atoms with Crippen LogP contribution in [0.1, 0.15) is 65.8 Å². The summed E-state index contributed by atoms with van der Waals surface area (Å²) in [6, 6.07) is 12.0. The highest BCUT2D eigenvalue weighted by atomic mass is 19.1. The molecule has 4 N–H and O–H groups in total. The minimum absolute atomic E-state index is 0.0349. The quantitative estimate of drug-likeness (QED) is 0.265. The smallest absolute Gasteiger partial charge is 0.251 e. The molecule has 44 heavy (non-hydrogen) atoms. The summed E-state index contributed by atoms with van der Waals surface area (Å²) in [7, 11) is 1.48. The van der Waals surface area contributed by atoms with E-state index in [0.29, 0.717) is 28.4 Å². The molecular weight excluding hydrogens is 572 g/mol. The van der Waals surface area contributed by atoms with Crippen molar-refractivity contribution in [1.29, 1.82) is 0 Å². The highest BCUT2D eigenvalue weighted by molar-refractivity contribution is 5.96. The van der Waals surface area contributed by atoms with Crippen LogP contribution in [-0.2, 0) is 15.8 Å². The minimum atomic E-state index is -2.28. The average Bonchev–Trinajstić information content (AvgIpc) is 3.93. The van der Waals surface area contributed by atoms with Gasteiger partial charge < -0.3 is 25.6 Å². The molecule has 0 spiro atoms. The molecule has 2 saturated carbocycles. The van der Waals surface area contributed by atoms with Gasteiger partial charge in [-0.1, -0.05) is 0 Å². The van der Waals surface area contributed by atoms with Gasteiger partial charge in [-0.2, -0.15) is 5.10 Å². The number of halogens is 2. The normalized spacial score (nSPS) is 21.3. The Morgan fingerprint density at radius 1 is 1.20 bits per heavy atom. The van der Waals surface area contributed by atoms with Crippen molar-refractivity contribution in [3.05, 3.63) is 76.9 Å². The third kappa shape index (κ3) is 4.38. The van der Waals surface area contributed by atoms with Crippen LogP contribution in [-0.4, -0.2) is 57.4 Å². The molecule has 4 aromatic rings. The zero-order valence-corrected chi connectivity index (χ0v) is 24.2. The molecule has 0 radical (unpaired) electrons. The summed E-state index contributed by atoms with van der Waals surface area (Å²) in [6.07, 6.45) is 2.20. The van der Waals surface area contributed by atoms with E-state index in [1.54, 1.807) is 17.5 Å². The van der Waals surface area contributed by atoms with Crippen LogP contribution >= 0.6 is 0 Å². The van der Waals surface area contributed by atoms with Crippen LogP contribution < -0.4 is 20.5 Å². The number of hydrogen-bond acceptors (Lipinski definition) is 7. The van der Waals surface area contributed by atoms with Crippen molar-refractivity contribution >= 4 is 17.3 Å². The molecule has 2 aliphatic carbocycles. The maximum atomic E-state index is 16.1. The van der Waals surface area contributed by atoms with Gasteiger partial charge in [0.25, 0.3) is 5.91 Å². The van der Waals surface area contributed by atoms with Gasteiger partial charge in [-0.3, -0.25) is 9.59 Å². The van der Waals surface area contributed by atoms with Crippen molar-refractivity contribution in [1.82, 2.24) is 19.9 Å². The zero-order chi connectivity index (χ0) is 31.0. The topological polar surface area (TPSA) is 141 Å². The van der Waals surface area contributed by atoms with Gasteiger partial charge in [-0.05, 0) is 75.1 Å². The summed E-state index contributed by atoms with van der Waals surface area (Å²) in [6.45, 7) is 0.983. The summed E-state index contributed by atoms with van der Waals surface area (Å²) in [5, 5.41) is 19.4. The number of hydrogen-bond donors (Lipinski definition) is 3. The van der Waals surface area contributed by atoms with Gasteiger partial charge in [0.05, 0.1) is 30.6 Å². The lowest BCUT2D eigenvalue weighted by atomic mass is 9.80. The van der Waals surface area contributed by atoms with E-state index >= 15 is 4.39 Å². The van der Waals surface area contributed by atoms with Gasteiger partial charge in [-0.15, -0.1) is 0 Å². The number of benzene rings is 1. The molecule has 0 bridgehead atoms. The monoisotopic (exact) mass is 603 g/mol. The van der Waals surface area contributed by atoms with Crippen molar-refractivity contribution in [2.75, 3.05) is 20.3 Å². The zero-order valence-electron chi connectivity index (χ0n) is 24.2. The molecule has 1 aromatic carbocycles. The second kappa shape index (κ2) is 9.71. The van der Waals surface area contributed by atoms with Gasteiger partial charge in [0.2, 0.25) is 11.8 Å². The molecule has 0 unspecified atom stereocenters. The molecule has 7 rings (SSSR count). The lowest BCUT2D eigenvalue weighted by Gasteiger charge is -2.33. The number of nitrogens with one attached hydrogen (secondary N) is 1.